The standard InChI is InChI=1S/C37H46N6O7/c1-36(2,3)50-35(48)40-28(21-26-22-38-23-42(26)4)32(45)43-19-11-16-30(43)31(44)41-37(18-17-25-14-9-10-15-27(25)37)34(47)39-29(33(46)49-5)20-24-12-7-6-8-13-24/h6-10,12-15,22-23,28-30H,11,16-21H2,1-5H3,(H,39,47)(H,40,48)(H,41,44)/t28-,29-,30+,37?/m0/s1. The lowest BCUT2D eigenvalue weighted by molar-refractivity contribution is -0.147. The predicted octanol–water partition coefficient (Wildman–Crippen LogP) is 2.71. The largest absolute Gasteiger partial charge is 0.467 e. The maximum Gasteiger partial charge on any atom is 0.408 e. The van der Waals surface area contributed by atoms with E-state index in [0.717, 1.165) is 11.1 Å². The van der Waals surface area contributed by atoms with Crippen molar-refractivity contribution in [2.75, 3.05) is 13.7 Å². The van der Waals surface area contributed by atoms with Crippen LogP contribution in [0.25, 0.3) is 0 Å². The first-order valence-corrected chi connectivity index (χ1v) is 16.9. The van der Waals surface area contributed by atoms with E-state index in [2.05, 4.69) is 20.9 Å². The Morgan fingerprint density at radius 1 is 0.980 bits per heavy atom. The second-order valence-electron chi connectivity index (χ2n) is 13.9. The molecule has 1 aliphatic heterocycles. The number of rotatable bonds is 11. The summed E-state index contributed by atoms with van der Waals surface area (Å²) < 4.78 is 12.3. The number of methoxy groups -OCH3 is 1. The lowest BCUT2D eigenvalue weighted by Crippen LogP contribution is -2.62. The zero-order valence-corrected chi connectivity index (χ0v) is 29.2. The highest BCUT2D eigenvalue weighted by molar-refractivity contribution is 5.98. The monoisotopic (exact) mass is 686 g/mol. The van der Waals surface area contributed by atoms with Crippen LogP contribution in [0.3, 0.4) is 0 Å². The SMILES string of the molecule is COC(=O)[C@H](Cc1ccccc1)NC(=O)C1(NC(=O)[C@H]2CCCN2C(=O)[C@H](Cc2cncn2C)NC(=O)OC(C)(C)C)CCc2ccccc21. The minimum Gasteiger partial charge on any atom is -0.467 e. The number of amides is 4. The summed E-state index contributed by atoms with van der Waals surface area (Å²) in [6, 6.07) is 13.7. The van der Waals surface area contributed by atoms with E-state index in [1.54, 1.807) is 57.0 Å². The summed E-state index contributed by atoms with van der Waals surface area (Å²) in [5.74, 6) is -2.11. The van der Waals surface area contributed by atoms with Crippen molar-refractivity contribution in [3.05, 3.63) is 89.5 Å². The average molecular weight is 687 g/mol. The van der Waals surface area contributed by atoms with E-state index in [1.165, 1.54) is 12.0 Å². The van der Waals surface area contributed by atoms with Gasteiger partial charge < -0.3 is 34.9 Å². The van der Waals surface area contributed by atoms with Gasteiger partial charge >= 0.3 is 12.1 Å². The number of ether oxygens (including phenoxy) is 2. The van der Waals surface area contributed by atoms with E-state index in [-0.39, 0.29) is 25.8 Å². The Morgan fingerprint density at radius 3 is 2.38 bits per heavy atom. The van der Waals surface area contributed by atoms with E-state index >= 15 is 0 Å². The quantitative estimate of drug-likeness (QED) is 0.260. The number of aromatic nitrogens is 2. The molecule has 1 unspecified atom stereocenters. The van der Waals surface area contributed by atoms with E-state index in [1.807, 2.05) is 42.5 Å². The topological polar surface area (TPSA) is 161 Å². The lowest BCUT2D eigenvalue weighted by atomic mass is 9.89. The lowest BCUT2D eigenvalue weighted by Gasteiger charge is -2.35. The van der Waals surface area contributed by atoms with Crippen LogP contribution < -0.4 is 16.0 Å². The Balaban J connectivity index is 1.40. The Kier molecular flexibility index (Phi) is 10.9. The van der Waals surface area contributed by atoms with Crippen LogP contribution in [-0.4, -0.2) is 81.6 Å². The van der Waals surface area contributed by atoms with Crippen molar-refractivity contribution >= 4 is 29.8 Å². The molecule has 2 heterocycles. The van der Waals surface area contributed by atoms with Crippen LogP contribution >= 0.6 is 0 Å². The van der Waals surface area contributed by atoms with Gasteiger partial charge in [-0.1, -0.05) is 54.6 Å². The molecule has 50 heavy (non-hydrogen) atoms. The molecule has 0 spiro atoms. The molecule has 4 amide bonds. The molecule has 1 aliphatic carbocycles. The number of imidazole rings is 1. The van der Waals surface area contributed by atoms with Crippen molar-refractivity contribution < 1.29 is 33.4 Å². The minimum atomic E-state index is -1.50. The normalized spacial score (nSPS) is 19.5. The number of nitrogens with one attached hydrogen (secondary N) is 3. The van der Waals surface area contributed by atoms with Gasteiger partial charge in [-0.05, 0) is 63.1 Å². The van der Waals surface area contributed by atoms with Crippen molar-refractivity contribution in [1.82, 2.24) is 30.4 Å². The molecule has 1 fully saturated rings. The highest BCUT2D eigenvalue weighted by Crippen LogP contribution is 2.38. The summed E-state index contributed by atoms with van der Waals surface area (Å²) in [5, 5.41) is 8.64. The van der Waals surface area contributed by atoms with E-state index in [9.17, 15) is 24.0 Å². The number of benzene rings is 2. The fourth-order valence-electron chi connectivity index (χ4n) is 6.74. The fraction of sp³-hybridized carbons (Fsp3) is 0.459. The molecule has 1 aromatic heterocycles. The summed E-state index contributed by atoms with van der Waals surface area (Å²) >= 11 is 0. The van der Waals surface area contributed by atoms with Crippen LogP contribution in [0.15, 0.2) is 67.1 Å². The molecule has 3 aromatic rings. The van der Waals surface area contributed by atoms with Crippen LogP contribution in [0, 0.1) is 0 Å². The van der Waals surface area contributed by atoms with Crippen LogP contribution in [0.5, 0.6) is 0 Å². The number of hydrogen-bond donors (Lipinski definition) is 3. The predicted molar refractivity (Wildman–Crippen MR) is 183 cm³/mol. The number of esters is 1. The molecule has 13 heteroatoms. The van der Waals surface area contributed by atoms with E-state index in [0.29, 0.717) is 30.5 Å². The number of aryl methyl sites for hydroxylation is 2. The molecule has 13 nitrogen and oxygen atoms in total. The first kappa shape index (κ1) is 36.1. The van der Waals surface area contributed by atoms with Crippen molar-refractivity contribution in [3.8, 4) is 0 Å². The first-order valence-electron chi connectivity index (χ1n) is 16.9. The van der Waals surface area contributed by atoms with E-state index < -0.39 is 59.0 Å². The van der Waals surface area contributed by atoms with Gasteiger partial charge in [-0.3, -0.25) is 14.4 Å². The maximum atomic E-state index is 14.4. The van der Waals surface area contributed by atoms with Crippen molar-refractivity contribution in [1.29, 1.82) is 0 Å². The molecule has 5 rings (SSSR count). The minimum absolute atomic E-state index is 0.121. The summed E-state index contributed by atoms with van der Waals surface area (Å²) in [6.07, 6.45) is 4.46. The third-order valence-corrected chi connectivity index (χ3v) is 9.20. The van der Waals surface area contributed by atoms with Gasteiger partial charge in [-0.2, -0.15) is 0 Å². The number of carbonyl (C=O) groups excluding carboxylic acids is 5. The van der Waals surface area contributed by atoms with Gasteiger partial charge in [0.15, 0.2) is 0 Å². The van der Waals surface area contributed by atoms with Gasteiger partial charge in [0.1, 0.15) is 29.3 Å². The van der Waals surface area contributed by atoms with Gasteiger partial charge in [0.25, 0.3) is 5.91 Å². The highest BCUT2D eigenvalue weighted by atomic mass is 16.6. The van der Waals surface area contributed by atoms with Crippen molar-refractivity contribution in [3.63, 3.8) is 0 Å². The summed E-state index contributed by atoms with van der Waals surface area (Å²) in [7, 11) is 3.05. The van der Waals surface area contributed by atoms with Gasteiger partial charge in [0.2, 0.25) is 11.8 Å². The maximum absolute atomic E-state index is 14.4. The Hall–Kier alpha value is -5.20. The third kappa shape index (κ3) is 8.15. The van der Waals surface area contributed by atoms with Crippen LogP contribution in [0.1, 0.15) is 62.4 Å². The average Bonchev–Trinajstić information content (AvgIpc) is 3.83. The number of hydrogen-bond acceptors (Lipinski definition) is 8. The molecule has 266 valence electrons. The Bertz CT molecular complexity index is 1720. The number of alkyl carbamates (subject to hydrolysis) is 1. The molecule has 0 radical (unpaired) electrons. The second-order valence-corrected chi connectivity index (χ2v) is 13.9. The highest BCUT2D eigenvalue weighted by Gasteiger charge is 2.50. The zero-order chi connectivity index (χ0) is 36.1. The Labute approximate surface area is 292 Å². The fourth-order valence-corrected chi connectivity index (χ4v) is 6.74. The molecule has 2 aliphatic rings. The smallest absolute Gasteiger partial charge is 0.408 e. The van der Waals surface area contributed by atoms with Gasteiger partial charge in [-0.25, -0.2) is 14.6 Å². The van der Waals surface area contributed by atoms with Gasteiger partial charge in [0, 0.05) is 38.3 Å². The third-order valence-electron chi connectivity index (χ3n) is 9.20. The molecule has 0 saturated carbocycles. The molecule has 4 atom stereocenters. The van der Waals surface area contributed by atoms with Crippen molar-refractivity contribution in [2.45, 2.75) is 88.6 Å². The summed E-state index contributed by atoms with van der Waals surface area (Å²) in [5.41, 5.74) is 0.767. The molecule has 1 saturated heterocycles. The number of fused-ring (bicyclic) bond motifs is 1. The number of nitrogens with zero attached hydrogens (tertiary/aromatic N) is 3. The molecule has 3 N–H and O–H groups in total. The molecular weight excluding hydrogens is 640 g/mol. The first-order chi connectivity index (χ1) is 23.8. The summed E-state index contributed by atoms with van der Waals surface area (Å²) in [4.78, 5) is 74.3. The van der Waals surface area contributed by atoms with Gasteiger partial charge in [0.05, 0.1) is 13.4 Å². The van der Waals surface area contributed by atoms with Crippen molar-refractivity contribution in [2.24, 2.45) is 7.05 Å². The molecular formula is C37H46N6O7. The number of likely N-dealkylation sites (tertiary alicyclic amines) is 1. The van der Waals surface area contributed by atoms with E-state index in [4.69, 9.17) is 9.47 Å². The van der Waals surface area contributed by atoms with Gasteiger partial charge in [-0.15, -0.1) is 0 Å². The Morgan fingerprint density at radius 2 is 1.70 bits per heavy atom. The summed E-state index contributed by atoms with van der Waals surface area (Å²) in [6.45, 7) is 5.47. The number of carbonyl (C=O) groups is 5. The van der Waals surface area contributed by atoms with Crippen LogP contribution in [0.2, 0.25) is 0 Å². The molecule has 0 bridgehead atoms. The van der Waals surface area contributed by atoms with Crippen LogP contribution in [0.4, 0.5) is 4.79 Å². The second kappa shape index (κ2) is 15.1. The zero-order valence-electron chi connectivity index (χ0n) is 29.2. The molecule has 2 aromatic carbocycles. The van der Waals surface area contributed by atoms with Crippen LogP contribution in [-0.2, 0) is 60.5 Å².